The Bertz CT molecular complexity index is 2330. The highest BCUT2D eigenvalue weighted by atomic mass is 79.9. The number of benzene rings is 4. The number of hydrogen-bond donors (Lipinski definition) is 1. The lowest BCUT2D eigenvalue weighted by atomic mass is 10.1. The average Bonchev–Trinajstić information content (AvgIpc) is 3.56. The molecule has 0 fully saturated rings. The first-order chi connectivity index (χ1) is 21.4. The lowest BCUT2D eigenvalue weighted by Gasteiger charge is -2.11. The number of hydrogen-bond acceptors (Lipinski definition) is 5. The lowest BCUT2D eigenvalue weighted by Crippen LogP contribution is -2.20. The zero-order valence-electron chi connectivity index (χ0n) is 23.9. The lowest BCUT2D eigenvalue weighted by molar-refractivity contribution is -0.116. The van der Waals surface area contributed by atoms with E-state index in [9.17, 15) is 9.59 Å². The third-order valence-electron chi connectivity index (χ3n) is 7.76. The van der Waals surface area contributed by atoms with E-state index in [0.29, 0.717) is 22.2 Å². The van der Waals surface area contributed by atoms with Gasteiger partial charge >= 0.3 is 0 Å². The summed E-state index contributed by atoms with van der Waals surface area (Å²) in [5.74, 6) is 0.571. The van der Waals surface area contributed by atoms with Gasteiger partial charge in [-0.05, 0) is 67.9 Å². The van der Waals surface area contributed by atoms with Gasteiger partial charge in [-0.25, -0.2) is 4.98 Å². The molecule has 3 aromatic heterocycles. The third kappa shape index (κ3) is 4.91. The van der Waals surface area contributed by atoms with E-state index >= 15 is 0 Å². The van der Waals surface area contributed by atoms with E-state index in [-0.39, 0.29) is 23.8 Å². The van der Waals surface area contributed by atoms with Crippen LogP contribution < -0.4 is 10.9 Å². The molecule has 0 spiro atoms. The second kappa shape index (κ2) is 11.1. The second-order valence-electron chi connectivity index (χ2n) is 10.6. The minimum absolute atomic E-state index is 0.117. The van der Waals surface area contributed by atoms with Crippen LogP contribution in [0.25, 0.3) is 44.4 Å². The molecule has 0 aliphatic carbocycles. The topological polar surface area (TPSA) is 94.4 Å². The monoisotopic (exact) mass is 643 g/mol. The summed E-state index contributed by atoms with van der Waals surface area (Å²) >= 11 is 3.51. The van der Waals surface area contributed by atoms with E-state index in [1.165, 1.54) is 4.68 Å². The van der Waals surface area contributed by atoms with Gasteiger partial charge in [0.15, 0.2) is 5.76 Å². The summed E-state index contributed by atoms with van der Waals surface area (Å²) in [6.45, 7) is 4.02. The van der Waals surface area contributed by atoms with Crippen molar-refractivity contribution in [2.45, 2.75) is 20.4 Å². The summed E-state index contributed by atoms with van der Waals surface area (Å²) in [5.41, 5.74) is 5.20. The average molecular weight is 645 g/mol. The zero-order chi connectivity index (χ0) is 30.4. The Morgan fingerprint density at radius 2 is 1.70 bits per heavy atom. The Hall–Kier alpha value is -5.28. The van der Waals surface area contributed by atoms with E-state index in [2.05, 4.69) is 21.2 Å². The van der Waals surface area contributed by atoms with E-state index in [0.717, 1.165) is 43.3 Å². The predicted octanol–water partition coefficient (Wildman–Crippen LogP) is 7.66. The molecule has 0 aliphatic heterocycles. The fourth-order valence-corrected chi connectivity index (χ4v) is 5.88. The summed E-state index contributed by atoms with van der Waals surface area (Å²) < 4.78 is 10.3. The molecule has 0 saturated carbocycles. The summed E-state index contributed by atoms with van der Waals surface area (Å²) in [5, 5.41) is 9.95. The summed E-state index contributed by atoms with van der Waals surface area (Å²) in [4.78, 5) is 31.8. The van der Waals surface area contributed by atoms with Crippen molar-refractivity contribution in [2.75, 3.05) is 5.32 Å². The molecule has 0 aliphatic rings. The number of furan rings is 1. The van der Waals surface area contributed by atoms with Crippen LogP contribution in [0.15, 0.2) is 116 Å². The molecule has 0 unspecified atom stereocenters. The van der Waals surface area contributed by atoms with Crippen LogP contribution in [0.2, 0.25) is 0 Å². The molecule has 0 bridgehead atoms. The number of nitrogens with zero attached hydrogens (tertiary/aromatic N) is 4. The van der Waals surface area contributed by atoms with E-state index < -0.39 is 0 Å². The molecule has 0 radical (unpaired) electrons. The molecule has 4 aromatic carbocycles. The third-order valence-corrected chi connectivity index (χ3v) is 8.25. The Morgan fingerprint density at radius 3 is 2.55 bits per heavy atom. The van der Waals surface area contributed by atoms with Crippen LogP contribution in [0.5, 0.6) is 0 Å². The van der Waals surface area contributed by atoms with Gasteiger partial charge in [-0.1, -0.05) is 64.5 Å². The number of carbonyl (C=O) groups is 1. The van der Waals surface area contributed by atoms with Crippen molar-refractivity contribution >= 4 is 66.5 Å². The maximum atomic E-state index is 13.8. The first-order valence-corrected chi connectivity index (χ1v) is 14.9. The SMILES string of the molecule is Cc1ccccc1NC(=O)Cn1c(C)c(C=Nn2c(-c3cc4cc(Br)ccc4o3)nc3ccccc3c2=O)c2ccccc21. The van der Waals surface area contributed by atoms with Gasteiger partial charge < -0.3 is 14.3 Å². The van der Waals surface area contributed by atoms with Crippen LogP contribution in [-0.4, -0.2) is 26.3 Å². The maximum Gasteiger partial charge on any atom is 0.282 e. The van der Waals surface area contributed by atoms with Crippen molar-refractivity contribution in [1.82, 2.24) is 14.2 Å². The van der Waals surface area contributed by atoms with Gasteiger partial charge in [-0.2, -0.15) is 9.78 Å². The number of fused-ring (bicyclic) bond motifs is 3. The van der Waals surface area contributed by atoms with Crippen molar-refractivity contribution < 1.29 is 9.21 Å². The van der Waals surface area contributed by atoms with Gasteiger partial charge in [0.2, 0.25) is 11.7 Å². The fourth-order valence-electron chi connectivity index (χ4n) is 5.50. The number of nitrogens with one attached hydrogen (secondary N) is 1. The van der Waals surface area contributed by atoms with Gasteiger partial charge in [0.05, 0.1) is 17.1 Å². The Labute approximate surface area is 260 Å². The maximum absolute atomic E-state index is 13.8. The van der Waals surface area contributed by atoms with Crippen LogP contribution in [-0.2, 0) is 11.3 Å². The number of anilines is 1. The Morgan fingerprint density at radius 1 is 0.955 bits per heavy atom. The standard InChI is InChI=1S/C35H26BrN5O3/c1-21-9-3-6-12-28(21)38-33(42)20-40-22(2)27(25-10-5-8-14-30(25)40)19-37-41-34(39-29-13-7-4-11-26(29)35(41)43)32-18-23-17-24(36)15-16-31(23)44-32/h3-19H,20H2,1-2H3,(H,38,42). The molecule has 3 heterocycles. The normalized spacial score (nSPS) is 11.7. The van der Waals surface area contributed by atoms with E-state index in [1.54, 1.807) is 24.4 Å². The fraction of sp³-hybridized carbons (Fsp3) is 0.0857. The Balaban J connectivity index is 1.33. The molecule has 1 N–H and O–H groups in total. The van der Waals surface area contributed by atoms with Crippen LogP contribution in [0.3, 0.4) is 0 Å². The van der Waals surface area contributed by atoms with Gasteiger partial charge in [0.25, 0.3) is 5.56 Å². The highest BCUT2D eigenvalue weighted by Gasteiger charge is 2.19. The molecule has 7 rings (SSSR count). The van der Waals surface area contributed by atoms with Gasteiger partial charge in [0.1, 0.15) is 12.1 Å². The van der Waals surface area contributed by atoms with Gasteiger partial charge in [-0.3, -0.25) is 9.59 Å². The van der Waals surface area contributed by atoms with Crippen LogP contribution >= 0.6 is 15.9 Å². The predicted molar refractivity (Wildman–Crippen MR) is 178 cm³/mol. The second-order valence-corrected chi connectivity index (χ2v) is 11.5. The number of halogens is 1. The summed E-state index contributed by atoms with van der Waals surface area (Å²) in [6, 6.07) is 30.3. The first kappa shape index (κ1) is 27.5. The molecule has 0 atom stereocenters. The number of aromatic nitrogens is 3. The minimum atomic E-state index is -0.317. The van der Waals surface area contributed by atoms with Gasteiger partial charge in [-0.15, -0.1) is 0 Å². The molecule has 8 nitrogen and oxygen atoms in total. The van der Waals surface area contributed by atoms with Crippen LogP contribution in [0, 0.1) is 13.8 Å². The van der Waals surface area contributed by atoms with Crippen LogP contribution in [0.1, 0.15) is 16.8 Å². The zero-order valence-corrected chi connectivity index (χ0v) is 25.5. The molecular weight excluding hydrogens is 618 g/mol. The molecular formula is C35H26BrN5O3. The summed E-state index contributed by atoms with van der Waals surface area (Å²) in [7, 11) is 0. The van der Waals surface area contributed by atoms with Crippen LogP contribution in [0.4, 0.5) is 5.69 Å². The summed E-state index contributed by atoms with van der Waals surface area (Å²) in [6.07, 6.45) is 1.66. The molecule has 1 amide bonds. The minimum Gasteiger partial charge on any atom is -0.453 e. The first-order valence-electron chi connectivity index (χ1n) is 14.1. The number of para-hydroxylation sites is 3. The number of amides is 1. The van der Waals surface area contributed by atoms with Crippen molar-refractivity contribution in [3.63, 3.8) is 0 Å². The Kier molecular flexibility index (Phi) is 6.94. The van der Waals surface area contributed by atoms with Crippen molar-refractivity contribution in [3.8, 4) is 11.6 Å². The molecule has 0 saturated heterocycles. The number of carbonyl (C=O) groups excluding carboxylic acids is 1. The molecule has 9 heteroatoms. The quantitative estimate of drug-likeness (QED) is 0.188. The van der Waals surface area contributed by atoms with Gasteiger partial charge in [0, 0.05) is 37.7 Å². The van der Waals surface area contributed by atoms with Crippen molar-refractivity contribution in [2.24, 2.45) is 5.10 Å². The van der Waals surface area contributed by atoms with Crippen molar-refractivity contribution in [1.29, 1.82) is 0 Å². The van der Waals surface area contributed by atoms with Crippen molar-refractivity contribution in [3.05, 3.63) is 129 Å². The van der Waals surface area contributed by atoms with E-state index in [4.69, 9.17) is 14.5 Å². The largest absolute Gasteiger partial charge is 0.453 e. The van der Waals surface area contributed by atoms with E-state index in [1.807, 2.05) is 97.3 Å². The number of aryl methyl sites for hydroxylation is 1. The molecule has 216 valence electrons. The molecule has 7 aromatic rings. The number of rotatable bonds is 6. The molecule has 44 heavy (non-hydrogen) atoms. The highest BCUT2D eigenvalue weighted by Crippen LogP contribution is 2.30. The smallest absolute Gasteiger partial charge is 0.282 e. The highest BCUT2D eigenvalue weighted by molar-refractivity contribution is 9.10.